The van der Waals surface area contributed by atoms with Crippen LogP contribution in [-0.2, 0) is 14.3 Å². The van der Waals surface area contributed by atoms with Crippen LogP contribution >= 0.6 is 0 Å². The van der Waals surface area contributed by atoms with Gasteiger partial charge < -0.3 is 10.1 Å². The first-order valence-electron chi connectivity index (χ1n) is 11.2. The van der Waals surface area contributed by atoms with Gasteiger partial charge in [0.25, 0.3) is 11.8 Å². The molecule has 1 fully saturated rings. The number of nitrogens with zero attached hydrogens (tertiary/aromatic N) is 2. The number of barbiturate groups is 1. The number of hydrogen-bond donors (Lipinski definition) is 1. The van der Waals surface area contributed by atoms with Gasteiger partial charge in [-0.05, 0) is 30.7 Å². The zero-order chi connectivity index (χ0) is 23.5. The highest BCUT2D eigenvalue weighted by atomic mass is 16.5. The first-order valence-corrected chi connectivity index (χ1v) is 11.2. The third-order valence-electron chi connectivity index (χ3n) is 5.38. The number of urea groups is 1. The highest BCUT2D eigenvalue weighted by Gasteiger charge is 2.37. The van der Waals surface area contributed by atoms with Gasteiger partial charge in [-0.1, -0.05) is 51.9 Å². The Kier molecular flexibility index (Phi) is 9.91. The van der Waals surface area contributed by atoms with Gasteiger partial charge in [0.15, 0.2) is 0 Å². The highest BCUT2D eigenvalue weighted by molar-refractivity contribution is 6.28. The van der Waals surface area contributed by atoms with Crippen LogP contribution in [0.4, 0.5) is 10.5 Å². The van der Waals surface area contributed by atoms with Gasteiger partial charge in [-0.25, -0.2) is 9.59 Å². The van der Waals surface area contributed by atoms with Gasteiger partial charge in [-0.3, -0.25) is 19.4 Å². The zero-order valence-electron chi connectivity index (χ0n) is 19.2. The minimum absolute atomic E-state index is 0.150. The fraction of sp³-hybridized carbons (Fsp3) is 0.500. The standard InChI is InChI=1S/C24H33N3O5/c1-4-5-6-7-8-9-10-11-16-32-23(30)18-12-14-19(15-13-18)25-17-20-21(28)26(2)24(31)27(3)22(20)29/h12-15,17,25H,4-11,16H2,1-3H3. The van der Waals surface area contributed by atoms with Gasteiger partial charge in [0.2, 0.25) is 0 Å². The molecule has 0 bridgehead atoms. The highest BCUT2D eigenvalue weighted by Crippen LogP contribution is 2.16. The van der Waals surface area contributed by atoms with E-state index in [1.54, 1.807) is 24.3 Å². The normalized spacial score (nSPS) is 14.1. The second-order valence-electron chi connectivity index (χ2n) is 7.90. The molecule has 1 aromatic rings. The lowest BCUT2D eigenvalue weighted by Gasteiger charge is -2.28. The van der Waals surface area contributed by atoms with Crippen molar-refractivity contribution in [1.82, 2.24) is 9.80 Å². The maximum Gasteiger partial charge on any atom is 0.338 e. The van der Waals surface area contributed by atoms with Gasteiger partial charge in [0.1, 0.15) is 5.57 Å². The van der Waals surface area contributed by atoms with E-state index in [1.165, 1.54) is 58.8 Å². The van der Waals surface area contributed by atoms with Gasteiger partial charge >= 0.3 is 12.0 Å². The molecule has 1 aliphatic rings. The molecule has 4 amide bonds. The summed E-state index contributed by atoms with van der Waals surface area (Å²) in [6.45, 7) is 2.61. The Hall–Kier alpha value is -3.16. The number of nitrogens with one attached hydrogen (secondary N) is 1. The number of ether oxygens (including phenoxy) is 1. The third kappa shape index (κ3) is 6.93. The Morgan fingerprint density at radius 2 is 1.41 bits per heavy atom. The number of benzene rings is 1. The number of amides is 4. The molecule has 0 atom stereocenters. The Bertz CT molecular complexity index is 822. The lowest BCUT2D eigenvalue weighted by atomic mass is 10.1. The summed E-state index contributed by atoms with van der Waals surface area (Å²) in [5, 5.41) is 2.86. The van der Waals surface area contributed by atoms with E-state index in [4.69, 9.17) is 4.74 Å². The van der Waals surface area contributed by atoms with E-state index in [1.807, 2.05) is 0 Å². The van der Waals surface area contributed by atoms with Crippen LogP contribution in [0, 0.1) is 0 Å². The van der Waals surface area contributed by atoms with Crippen molar-refractivity contribution in [1.29, 1.82) is 0 Å². The molecule has 1 aliphatic heterocycles. The molecule has 0 unspecified atom stereocenters. The van der Waals surface area contributed by atoms with E-state index in [9.17, 15) is 19.2 Å². The Labute approximate surface area is 189 Å². The second kappa shape index (κ2) is 12.6. The largest absolute Gasteiger partial charge is 0.462 e. The Morgan fingerprint density at radius 3 is 1.97 bits per heavy atom. The number of anilines is 1. The molecule has 0 spiro atoms. The number of hydrogen-bond acceptors (Lipinski definition) is 6. The van der Waals surface area contributed by atoms with Crippen LogP contribution < -0.4 is 5.32 Å². The summed E-state index contributed by atoms with van der Waals surface area (Å²) in [4.78, 5) is 50.0. The lowest BCUT2D eigenvalue weighted by Crippen LogP contribution is -2.53. The van der Waals surface area contributed by atoms with Crippen LogP contribution in [0.1, 0.15) is 68.6 Å². The maximum absolute atomic E-state index is 12.2. The average Bonchev–Trinajstić information content (AvgIpc) is 2.80. The molecule has 0 aliphatic carbocycles. The first-order chi connectivity index (χ1) is 15.4. The van der Waals surface area contributed by atoms with Crippen molar-refractivity contribution < 1.29 is 23.9 Å². The van der Waals surface area contributed by atoms with Crippen molar-refractivity contribution in [2.45, 2.75) is 58.3 Å². The van der Waals surface area contributed by atoms with E-state index in [0.717, 1.165) is 22.6 Å². The summed E-state index contributed by atoms with van der Waals surface area (Å²) >= 11 is 0. The van der Waals surface area contributed by atoms with E-state index in [2.05, 4.69) is 12.2 Å². The van der Waals surface area contributed by atoms with Crippen molar-refractivity contribution >= 4 is 29.5 Å². The Balaban J connectivity index is 1.77. The molecule has 1 saturated heterocycles. The van der Waals surface area contributed by atoms with E-state index < -0.39 is 17.8 Å². The number of imide groups is 2. The average molecular weight is 444 g/mol. The number of carbonyl (C=O) groups is 4. The second-order valence-corrected chi connectivity index (χ2v) is 7.90. The molecule has 32 heavy (non-hydrogen) atoms. The van der Waals surface area contributed by atoms with E-state index in [-0.39, 0.29) is 11.5 Å². The van der Waals surface area contributed by atoms with Gasteiger partial charge in [0.05, 0.1) is 12.2 Å². The predicted molar refractivity (Wildman–Crippen MR) is 122 cm³/mol. The van der Waals surface area contributed by atoms with Crippen molar-refractivity contribution in [3.8, 4) is 0 Å². The van der Waals surface area contributed by atoms with Crippen LogP contribution in [-0.4, -0.2) is 54.3 Å². The summed E-state index contributed by atoms with van der Waals surface area (Å²) < 4.78 is 5.33. The number of likely N-dealkylation sites (N-methyl/N-ethyl adjacent to an activating group) is 2. The molecule has 2 rings (SSSR count). The number of esters is 1. The number of rotatable bonds is 12. The van der Waals surface area contributed by atoms with Crippen LogP contribution in [0.25, 0.3) is 0 Å². The third-order valence-corrected chi connectivity index (χ3v) is 5.38. The SMILES string of the molecule is CCCCCCCCCCOC(=O)c1ccc(NC=C2C(=O)N(C)C(=O)N(C)C2=O)cc1. The van der Waals surface area contributed by atoms with E-state index >= 15 is 0 Å². The molecular formula is C24H33N3O5. The van der Waals surface area contributed by atoms with Gasteiger partial charge in [-0.15, -0.1) is 0 Å². The van der Waals surface area contributed by atoms with Crippen LogP contribution in [0.2, 0.25) is 0 Å². The zero-order valence-corrected chi connectivity index (χ0v) is 19.2. The van der Waals surface area contributed by atoms with Crippen molar-refractivity contribution in [3.63, 3.8) is 0 Å². The summed E-state index contributed by atoms with van der Waals surface area (Å²) in [5.74, 6) is -1.73. The van der Waals surface area contributed by atoms with Crippen LogP contribution in [0.15, 0.2) is 36.0 Å². The fourth-order valence-corrected chi connectivity index (χ4v) is 3.32. The molecule has 8 nitrogen and oxygen atoms in total. The van der Waals surface area contributed by atoms with Crippen molar-refractivity contribution in [3.05, 3.63) is 41.6 Å². The summed E-state index contributed by atoms with van der Waals surface area (Å²) in [5.41, 5.74) is 0.862. The molecule has 0 radical (unpaired) electrons. The summed E-state index contributed by atoms with van der Waals surface area (Å²) in [6, 6.07) is 5.86. The maximum atomic E-state index is 12.2. The van der Waals surface area contributed by atoms with Crippen LogP contribution in [0.5, 0.6) is 0 Å². The minimum atomic E-state index is -0.674. The molecule has 8 heteroatoms. The lowest BCUT2D eigenvalue weighted by molar-refractivity contribution is -0.134. The van der Waals surface area contributed by atoms with Gasteiger partial charge in [0, 0.05) is 26.0 Å². The molecule has 1 heterocycles. The fourth-order valence-electron chi connectivity index (χ4n) is 3.32. The van der Waals surface area contributed by atoms with Gasteiger partial charge in [-0.2, -0.15) is 0 Å². The number of carbonyl (C=O) groups excluding carboxylic acids is 4. The monoisotopic (exact) mass is 443 g/mol. The molecule has 1 N–H and O–H groups in total. The summed E-state index contributed by atoms with van der Waals surface area (Å²) in [7, 11) is 2.63. The van der Waals surface area contributed by atoms with Crippen molar-refractivity contribution in [2.75, 3.05) is 26.0 Å². The topological polar surface area (TPSA) is 96.0 Å². The van der Waals surface area contributed by atoms with Crippen molar-refractivity contribution in [2.24, 2.45) is 0 Å². The molecule has 1 aromatic carbocycles. The molecule has 0 aromatic heterocycles. The molecule has 174 valence electrons. The van der Waals surface area contributed by atoms with E-state index in [0.29, 0.717) is 17.9 Å². The van der Waals surface area contributed by atoms with Crippen LogP contribution in [0.3, 0.4) is 0 Å². The minimum Gasteiger partial charge on any atom is -0.462 e. The molecule has 0 saturated carbocycles. The number of unbranched alkanes of at least 4 members (excludes halogenated alkanes) is 7. The molecular weight excluding hydrogens is 410 g/mol. The first kappa shape index (κ1) is 25.1. The quantitative estimate of drug-likeness (QED) is 0.224. The summed E-state index contributed by atoms with van der Waals surface area (Å²) in [6.07, 6.45) is 10.7. The predicted octanol–water partition coefficient (Wildman–Crippen LogP) is 4.33. The Morgan fingerprint density at radius 1 is 0.875 bits per heavy atom. The smallest absolute Gasteiger partial charge is 0.338 e.